The van der Waals surface area contributed by atoms with Crippen molar-refractivity contribution in [2.24, 2.45) is 5.92 Å². The van der Waals surface area contributed by atoms with Crippen LogP contribution in [-0.4, -0.2) is 30.2 Å². The van der Waals surface area contributed by atoms with Gasteiger partial charge in [0.05, 0.1) is 5.02 Å². The van der Waals surface area contributed by atoms with Crippen molar-refractivity contribution in [1.82, 2.24) is 9.29 Å². The maximum atomic E-state index is 12.3. The van der Waals surface area contributed by atoms with Crippen molar-refractivity contribution < 1.29 is 13.2 Å². The summed E-state index contributed by atoms with van der Waals surface area (Å²) in [7, 11) is -3.89. The van der Waals surface area contributed by atoms with Gasteiger partial charge in [0.25, 0.3) is 10.0 Å². The number of carbonyl (C=O) groups is 1. The molecule has 0 N–H and O–H groups in total. The van der Waals surface area contributed by atoms with E-state index in [-0.39, 0.29) is 34.0 Å². The summed E-state index contributed by atoms with van der Waals surface area (Å²) < 4.78 is 25.6. The van der Waals surface area contributed by atoms with Crippen molar-refractivity contribution in [2.75, 3.05) is 6.54 Å². The molecule has 1 amide bonds. The van der Waals surface area contributed by atoms with Gasteiger partial charge in [-0.15, -0.1) is 0 Å². The van der Waals surface area contributed by atoms with Gasteiger partial charge in [0.1, 0.15) is 10.0 Å². The van der Waals surface area contributed by atoms with Crippen LogP contribution in [0.2, 0.25) is 10.2 Å². The van der Waals surface area contributed by atoms with E-state index in [1.54, 1.807) is 0 Å². The second kappa shape index (κ2) is 5.26. The Labute approximate surface area is 121 Å². The molecule has 8 heteroatoms. The van der Waals surface area contributed by atoms with Crippen LogP contribution in [0.3, 0.4) is 0 Å². The van der Waals surface area contributed by atoms with E-state index in [0.717, 1.165) is 16.9 Å². The summed E-state index contributed by atoms with van der Waals surface area (Å²) in [5.74, 6) is -0.323. The Kier molecular flexibility index (Phi) is 4.03. The number of hydrogen-bond acceptors (Lipinski definition) is 4. The van der Waals surface area contributed by atoms with Gasteiger partial charge >= 0.3 is 0 Å². The predicted molar refractivity (Wildman–Crippen MR) is 71.6 cm³/mol. The fourth-order valence-corrected chi connectivity index (χ4v) is 3.72. The highest BCUT2D eigenvalue weighted by Gasteiger charge is 2.37. The van der Waals surface area contributed by atoms with Crippen molar-refractivity contribution >= 4 is 39.1 Å². The first kappa shape index (κ1) is 14.6. The Hall–Kier alpha value is -0.850. The number of carbonyl (C=O) groups excluding carboxylic acids is 1. The van der Waals surface area contributed by atoms with Gasteiger partial charge in [-0.2, -0.15) is 0 Å². The molecule has 1 saturated heterocycles. The Morgan fingerprint density at radius 2 is 2.16 bits per heavy atom. The Morgan fingerprint density at radius 3 is 2.68 bits per heavy atom. The quantitative estimate of drug-likeness (QED) is 0.801. The Balaban J connectivity index is 2.37. The molecule has 0 spiro atoms. The third kappa shape index (κ3) is 2.70. The van der Waals surface area contributed by atoms with Gasteiger partial charge in [-0.05, 0) is 12.0 Å². The average Bonchev–Trinajstić information content (AvgIpc) is 2.74. The summed E-state index contributed by atoms with van der Waals surface area (Å²) in [4.78, 5) is 15.4. The first-order valence-electron chi connectivity index (χ1n) is 5.73. The minimum atomic E-state index is -3.89. The number of nitrogens with zero attached hydrogens (tertiary/aromatic N) is 2. The summed E-state index contributed by atoms with van der Waals surface area (Å²) in [6.07, 6.45) is 2.12. The molecule has 5 nitrogen and oxygen atoms in total. The number of rotatable bonds is 3. The Bertz CT molecular complexity index is 618. The molecule has 1 unspecified atom stereocenters. The maximum absolute atomic E-state index is 12.3. The minimum Gasteiger partial charge on any atom is -0.274 e. The molecule has 0 saturated carbocycles. The van der Waals surface area contributed by atoms with Gasteiger partial charge < -0.3 is 0 Å². The van der Waals surface area contributed by atoms with Crippen LogP contribution in [0.25, 0.3) is 0 Å². The lowest BCUT2D eigenvalue weighted by Crippen LogP contribution is -2.32. The lowest BCUT2D eigenvalue weighted by molar-refractivity contribution is -0.123. The van der Waals surface area contributed by atoms with Crippen LogP contribution in [0, 0.1) is 5.92 Å². The fraction of sp³-hybridized carbons (Fsp3) is 0.455. The highest BCUT2D eigenvalue weighted by Crippen LogP contribution is 2.29. The predicted octanol–water partition coefficient (Wildman–Crippen LogP) is 2.34. The van der Waals surface area contributed by atoms with Gasteiger partial charge in [-0.25, -0.2) is 17.7 Å². The van der Waals surface area contributed by atoms with E-state index >= 15 is 0 Å². The third-order valence-corrected chi connectivity index (χ3v) is 5.54. The zero-order valence-electron chi connectivity index (χ0n) is 10.1. The van der Waals surface area contributed by atoms with E-state index in [4.69, 9.17) is 23.2 Å². The van der Waals surface area contributed by atoms with Gasteiger partial charge in [0.15, 0.2) is 0 Å². The number of sulfonamides is 1. The summed E-state index contributed by atoms with van der Waals surface area (Å²) in [6.45, 7) is 2.13. The Morgan fingerprint density at radius 1 is 1.47 bits per heavy atom. The van der Waals surface area contributed by atoms with Crippen LogP contribution in [0.5, 0.6) is 0 Å². The molecule has 0 aliphatic carbocycles. The molecule has 104 valence electrons. The molecule has 19 heavy (non-hydrogen) atoms. The first-order valence-corrected chi connectivity index (χ1v) is 7.92. The van der Waals surface area contributed by atoms with Crippen LogP contribution in [0.1, 0.15) is 19.8 Å². The molecular formula is C11H12Cl2N2O3S. The van der Waals surface area contributed by atoms with Gasteiger partial charge in [0, 0.05) is 19.2 Å². The molecular weight excluding hydrogens is 311 g/mol. The van der Waals surface area contributed by atoms with E-state index in [1.165, 1.54) is 6.07 Å². The number of hydrogen-bond donors (Lipinski definition) is 0. The molecule has 1 aromatic rings. The van der Waals surface area contributed by atoms with E-state index < -0.39 is 15.9 Å². The van der Waals surface area contributed by atoms with Gasteiger partial charge in [0.2, 0.25) is 5.91 Å². The van der Waals surface area contributed by atoms with Crippen molar-refractivity contribution in [1.29, 1.82) is 0 Å². The van der Waals surface area contributed by atoms with E-state index in [1.807, 2.05) is 6.92 Å². The summed E-state index contributed by atoms with van der Waals surface area (Å²) in [5.41, 5.74) is 0. The smallest absolute Gasteiger partial charge is 0.268 e. The number of amides is 1. The first-order chi connectivity index (χ1) is 8.86. The van der Waals surface area contributed by atoms with E-state index in [0.29, 0.717) is 0 Å². The standard InChI is InChI=1S/C11H12Cl2N2O3S/c1-2-7-3-10(16)15(6-7)19(17,18)8-4-9(12)11(13)14-5-8/h4-5,7H,2-3,6H2,1H3. The van der Waals surface area contributed by atoms with Crippen molar-refractivity contribution in [3.63, 3.8) is 0 Å². The van der Waals surface area contributed by atoms with Gasteiger partial charge in [-0.3, -0.25) is 4.79 Å². The molecule has 1 aromatic heterocycles. The lowest BCUT2D eigenvalue weighted by atomic mass is 10.1. The third-order valence-electron chi connectivity index (χ3n) is 3.10. The van der Waals surface area contributed by atoms with Crippen LogP contribution >= 0.6 is 23.2 Å². The molecule has 1 atom stereocenters. The second-order valence-corrected chi connectivity index (χ2v) is 6.98. The number of pyridine rings is 1. The van der Waals surface area contributed by atoms with Crippen LogP contribution in [0.4, 0.5) is 0 Å². The highest BCUT2D eigenvalue weighted by molar-refractivity contribution is 7.89. The fourth-order valence-electron chi connectivity index (χ4n) is 1.93. The van der Waals surface area contributed by atoms with Crippen LogP contribution < -0.4 is 0 Å². The van der Waals surface area contributed by atoms with Crippen molar-refractivity contribution in [3.8, 4) is 0 Å². The highest BCUT2D eigenvalue weighted by atomic mass is 35.5. The molecule has 1 aliphatic rings. The van der Waals surface area contributed by atoms with Crippen molar-refractivity contribution in [2.45, 2.75) is 24.7 Å². The van der Waals surface area contributed by atoms with Crippen LogP contribution in [-0.2, 0) is 14.8 Å². The normalized spacial score (nSPS) is 20.1. The van der Waals surface area contributed by atoms with Gasteiger partial charge in [-0.1, -0.05) is 36.5 Å². The summed E-state index contributed by atoms with van der Waals surface area (Å²) >= 11 is 11.4. The molecule has 0 bridgehead atoms. The topological polar surface area (TPSA) is 67.3 Å². The molecule has 0 aromatic carbocycles. The molecule has 2 heterocycles. The van der Waals surface area contributed by atoms with E-state index in [2.05, 4.69) is 4.98 Å². The number of halogens is 2. The minimum absolute atomic E-state index is 0.0276. The summed E-state index contributed by atoms with van der Waals surface area (Å²) in [6, 6.07) is 1.21. The molecule has 2 rings (SSSR count). The second-order valence-electron chi connectivity index (χ2n) is 4.35. The largest absolute Gasteiger partial charge is 0.274 e. The van der Waals surface area contributed by atoms with Crippen LogP contribution in [0.15, 0.2) is 17.2 Å². The lowest BCUT2D eigenvalue weighted by Gasteiger charge is -2.16. The number of aromatic nitrogens is 1. The van der Waals surface area contributed by atoms with Crippen molar-refractivity contribution in [3.05, 3.63) is 22.4 Å². The zero-order valence-corrected chi connectivity index (χ0v) is 12.5. The molecule has 1 fully saturated rings. The average molecular weight is 323 g/mol. The monoisotopic (exact) mass is 322 g/mol. The zero-order chi connectivity index (χ0) is 14.2. The summed E-state index contributed by atoms with van der Waals surface area (Å²) in [5, 5.41) is 0.0706. The maximum Gasteiger partial charge on any atom is 0.268 e. The SMILES string of the molecule is CCC1CC(=O)N(S(=O)(=O)c2cnc(Cl)c(Cl)c2)C1. The molecule has 0 radical (unpaired) electrons. The van der Waals surface area contributed by atoms with E-state index in [9.17, 15) is 13.2 Å². The molecule has 1 aliphatic heterocycles.